The van der Waals surface area contributed by atoms with E-state index in [1.165, 1.54) is 27.8 Å². The largest absolute Gasteiger partial charge is 0.489 e. The fourth-order valence-electron chi connectivity index (χ4n) is 6.97. The molecule has 0 saturated heterocycles. The van der Waals surface area contributed by atoms with Crippen LogP contribution in [-0.4, -0.2) is 22.2 Å². The lowest BCUT2D eigenvalue weighted by Crippen LogP contribution is -2.20. The monoisotopic (exact) mass is 618 g/mol. The van der Waals surface area contributed by atoms with E-state index in [4.69, 9.17) is 9.84 Å². The Kier molecular flexibility index (Phi) is 12.0. The van der Waals surface area contributed by atoms with Gasteiger partial charge in [-0.2, -0.15) is 0 Å². The van der Waals surface area contributed by atoms with Gasteiger partial charge in [-0.25, -0.2) is 4.79 Å². The van der Waals surface area contributed by atoms with Gasteiger partial charge in [0.15, 0.2) is 0 Å². The van der Waals surface area contributed by atoms with E-state index >= 15 is 0 Å². The molecule has 0 aliphatic heterocycles. The summed E-state index contributed by atoms with van der Waals surface area (Å²) in [4.78, 5) is 22.7. The zero-order chi connectivity index (χ0) is 32.1. The number of fused-ring (bicyclic) bond motifs is 1. The third kappa shape index (κ3) is 9.56. The van der Waals surface area contributed by atoms with Crippen molar-refractivity contribution in [2.45, 2.75) is 89.6 Å². The second-order valence-electron chi connectivity index (χ2n) is 12.7. The van der Waals surface area contributed by atoms with E-state index in [9.17, 15) is 14.7 Å². The van der Waals surface area contributed by atoms with Gasteiger partial charge in [0, 0.05) is 6.42 Å². The van der Waals surface area contributed by atoms with Crippen LogP contribution in [0.2, 0.25) is 0 Å². The van der Waals surface area contributed by atoms with E-state index in [0.717, 1.165) is 75.5 Å². The molecule has 1 aliphatic carbocycles. The summed E-state index contributed by atoms with van der Waals surface area (Å²) in [6.07, 6.45) is 10.9. The van der Waals surface area contributed by atoms with E-state index in [2.05, 4.69) is 72.8 Å². The zero-order valence-electron chi connectivity index (χ0n) is 26.7. The molecule has 2 N–H and O–H groups in total. The quantitative estimate of drug-likeness (QED) is 0.115. The molecule has 4 aromatic rings. The van der Waals surface area contributed by atoms with Crippen molar-refractivity contribution in [2.75, 3.05) is 0 Å². The number of aliphatic carboxylic acids is 1. The molecule has 0 aromatic heterocycles. The van der Waals surface area contributed by atoms with Crippen LogP contribution in [0, 0.1) is 5.92 Å². The van der Waals surface area contributed by atoms with Crippen LogP contribution in [0.3, 0.4) is 0 Å². The van der Waals surface area contributed by atoms with Gasteiger partial charge in [-0.3, -0.25) is 4.79 Å². The number of carboxylic acid groups (broad SMARTS) is 2. The van der Waals surface area contributed by atoms with E-state index in [1.54, 1.807) is 6.07 Å². The summed E-state index contributed by atoms with van der Waals surface area (Å²) in [5.41, 5.74) is 7.85. The summed E-state index contributed by atoms with van der Waals surface area (Å²) in [7, 11) is 0. The van der Waals surface area contributed by atoms with Crippen LogP contribution >= 0.6 is 0 Å². The van der Waals surface area contributed by atoms with E-state index in [0.29, 0.717) is 30.4 Å². The maximum Gasteiger partial charge on any atom is 0.335 e. The van der Waals surface area contributed by atoms with Crippen molar-refractivity contribution in [3.63, 3.8) is 0 Å². The van der Waals surface area contributed by atoms with Crippen molar-refractivity contribution < 1.29 is 24.5 Å². The number of benzene rings is 4. The second-order valence-corrected chi connectivity index (χ2v) is 12.7. The minimum absolute atomic E-state index is 0.218. The van der Waals surface area contributed by atoms with Crippen LogP contribution in [0.15, 0.2) is 97.1 Å². The maximum atomic E-state index is 11.6. The first-order valence-corrected chi connectivity index (χ1v) is 16.9. The molecule has 5 heteroatoms. The molecular weight excluding hydrogens is 572 g/mol. The molecule has 1 aliphatic rings. The number of unbranched alkanes of at least 4 members (excludes halogenated alkanes) is 2. The first-order valence-electron chi connectivity index (χ1n) is 16.9. The standard InChI is InChI=1S/C41H46O5/c42-40(43)17-6-2-5-12-33(37-15-9-14-35-28-36(41(44)45)26-27-38(35)37)24-25-34-13-7-8-16-39(34)46-29-32-22-20-31(21-23-32)19-18-30-10-3-1-4-11-30/h1,3-4,7-8,10-11,13,16,20-23,26-28,33,37H,2,5-6,9,12,14-15,17-19,24-25,29H2,(H,42,43)(H,44,45). The average Bonchev–Trinajstić information content (AvgIpc) is 3.08. The number of carboxylic acids is 2. The van der Waals surface area contributed by atoms with E-state index in [-0.39, 0.29) is 6.42 Å². The lowest BCUT2D eigenvalue weighted by atomic mass is 9.72. The SMILES string of the molecule is O=C(O)CCCCCC(CCc1ccccc1OCc1ccc(CCc2ccccc2)cc1)C1CCCc2cc(C(=O)O)ccc21. The van der Waals surface area contributed by atoms with Crippen molar-refractivity contribution in [1.82, 2.24) is 0 Å². The van der Waals surface area contributed by atoms with E-state index in [1.807, 2.05) is 18.2 Å². The molecule has 2 unspecified atom stereocenters. The smallest absolute Gasteiger partial charge is 0.335 e. The summed E-state index contributed by atoms with van der Waals surface area (Å²) < 4.78 is 6.39. The predicted molar refractivity (Wildman–Crippen MR) is 183 cm³/mol. The molecule has 0 amide bonds. The topological polar surface area (TPSA) is 83.8 Å². The molecule has 46 heavy (non-hydrogen) atoms. The fraction of sp³-hybridized carbons (Fsp3) is 0.366. The van der Waals surface area contributed by atoms with Crippen LogP contribution in [0.1, 0.15) is 101 Å². The number of rotatable bonds is 17. The summed E-state index contributed by atoms with van der Waals surface area (Å²) >= 11 is 0. The van der Waals surface area contributed by atoms with Crippen LogP contribution in [-0.2, 0) is 37.1 Å². The van der Waals surface area contributed by atoms with Gasteiger partial charge in [-0.15, -0.1) is 0 Å². The Hall–Kier alpha value is -4.38. The van der Waals surface area contributed by atoms with E-state index < -0.39 is 11.9 Å². The molecule has 4 aromatic carbocycles. The molecule has 0 heterocycles. The van der Waals surface area contributed by atoms with Gasteiger partial charge >= 0.3 is 11.9 Å². The number of aryl methyl sites for hydroxylation is 4. The Balaban J connectivity index is 1.22. The normalized spacial score (nSPS) is 14.7. The highest BCUT2D eigenvalue weighted by atomic mass is 16.5. The first-order chi connectivity index (χ1) is 22.5. The Bertz CT molecular complexity index is 1560. The lowest BCUT2D eigenvalue weighted by Gasteiger charge is -2.33. The van der Waals surface area contributed by atoms with Gasteiger partial charge < -0.3 is 14.9 Å². The fourth-order valence-corrected chi connectivity index (χ4v) is 6.97. The second kappa shape index (κ2) is 16.8. The third-order valence-electron chi connectivity index (χ3n) is 9.50. The third-order valence-corrected chi connectivity index (χ3v) is 9.50. The molecule has 5 rings (SSSR count). The first kappa shape index (κ1) is 33.0. The van der Waals surface area contributed by atoms with Crippen molar-refractivity contribution in [3.8, 4) is 5.75 Å². The minimum atomic E-state index is -0.879. The molecule has 5 nitrogen and oxygen atoms in total. The van der Waals surface area contributed by atoms with Crippen LogP contribution < -0.4 is 4.74 Å². The number of para-hydroxylation sites is 1. The molecule has 0 saturated carbocycles. The summed E-state index contributed by atoms with van der Waals surface area (Å²) in [5, 5.41) is 18.6. The lowest BCUT2D eigenvalue weighted by molar-refractivity contribution is -0.137. The molecule has 0 fully saturated rings. The number of aromatic carboxylic acids is 1. The highest BCUT2D eigenvalue weighted by Crippen LogP contribution is 2.42. The van der Waals surface area contributed by atoms with Gasteiger partial charge in [0.1, 0.15) is 12.4 Å². The Labute approximate surface area is 273 Å². The van der Waals surface area contributed by atoms with Crippen LogP contribution in [0.4, 0.5) is 0 Å². The Morgan fingerprint density at radius 3 is 2.22 bits per heavy atom. The number of hydrogen-bond donors (Lipinski definition) is 2. The molecule has 0 radical (unpaired) electrons. The minimum Gasteiger partial charge on any atom is -0.489 e. The molecule has 240 valence electrons. The highest BCUT2D eigenvalue weighted by molar-refractivity contribution is 5.88. The Morgan fingerprint density at radius 1 is 0.739 bits per heavy atom. The summed E-state index contributed by atoms with van der Waals surface area (Å²) in [6, 6.07) is 33.3. The highest BCUT2D eigenvalue weighted by Gasteiger charge is 2.28. The van der Waals surface area contributed by atoms with Gasteiger partial charge in [0.2, 0.25) is 0 Å². The van der Waals surface area contributed by atoms with Crippen molar-refractivity contribution >= 4 is 11.9 Å². The summed E-state index contributed by atoms with van der Waals surface area (Å²) in [6.45, 7) is 0.519. The van der Waals surface area contributed by atoms with Gasteiger partial charge in [0.05, 0.1) is 5.56 Å². The number of ether oxygens (including phenoxy) is 1. The molecular formula is C41H46O5. The van der Waals surface area contributed by atoms with Crippen molar-refractivity contribution in [1.29, 1.82) is 0 Å². The zero-order valence-corrected chi connectivity index (χ0v) is 26.7. The number of hydrogen-bond acceptors (Lipinski definition) is 3. The Morgan fingerprint density at radius 2 is 1.46 bits per heavy atom. The van der Waals surface area contributed by atoms with Crippen LogP contribution in [0.25, 0.3) is 0 Å². The average molecular weight is 619 g/mol. The molecule has 2 atom stereocenters. The van der Waals surface area contributed by atoms with Crippen LogP contribution in [0.5, 0.6) is 5.75 Å². The van der Waals surface area contributed by atoms with Gasteiger partial charge in [-0.1, -0.05) is 91.7 Å². The molecule has 0 spiro atoms. The summed E-state index contributed by atoms with van der Waals surface area (Å²) in [5.74, 6) is 0.111. The van der Waals surface area contributed by atoms with Crippen molar-refractivity contribution in [3.05, 3.63) is 136 Å². The maximum absolute atomic E-state index is 11.6. The van der Waals surface area contributed by atoms with Crippen molar-refractivity contribution in [2.24, 2.45) is 5.92 Å². The molecule has 0 bridgehead atoms. The predicted octanol–water partition coefficient (Wildman–Crippen LogP) is 9.45. The number of carbonyl (C=O) groups is 2. The van der Waals surface area contributed by atoms with Gasteiger partial charge in [-0.05, 0) is 121 Å². The van der Waals surface area contributed by atoms with Gasteiger partial charge in [0.25, 0.3) is 0 Å².